The van der Waals surface area contributed by atoms with E-state index in [1.165, 1.54) is 6.07 Å². The van der Waals surface area contributed by atoms with E-state index in [0.29, 0.717) is 23.4 Å². The molecule has 1 unspecified atom stereocenters. The summed E-state index contributed by atoms with van der Waals surface area (Å²) >= 11 is 0. The van der Waals surface area contributed by atoms with Crippen molar-refractivity contribution in [2.45, 2.75) is 18.3 Å². The van der Waals surface area contributed by atoms with Crippen LogP contribution in [0.5, 0.6) is 0 Å². The topological polar surface area (TPSA) is 98.9 Å². The van der Waals surface area contributed by atoms with Gasteiger partial charge in [0.15, 0.2) is 0 Å². The zero-order chi connectivity index (χ0) is 23.0. The first kappa shape index (κ1) is 21.1. The highest BCUT2D eigenvalue weighted by molar-refractivity contribution is 6.00. The van der Waals surface area contributed by atoms with Crippen molar-refractivity contribution in [2.75, 3.05) is 25.0 Å². The van der Waals surface area contributed by atoms with Gasteiger partial charge in [0.25, 0.3) is 5.91 Å². The second kappa shape index (κ2) is 8.29. The average molecular weight is 445 g/mol. The molecule has 33 heavy (non-hydrogen) atoms. The van der Waals surface area contributed by atoms with Crippen molar-refractivity contribution in [2.24, 2.45) is 0 Å². The molecule has 5 rings (SSSR count). The van der Waals surface area contributed by atoms with E-state index in [4.69, 9.17) is 0 Å². The zero-order valence-electron chi connectivity index (χ0n) is 18.0. The maximum absolute atomic E-state index is 14.2. The molecule has 8 heteroatoms. The summed E-state index contributed by atoms with van der Waals surface area (Å²) < 4.78 is 14.2. The maximum atomic E-state index is 14.2. The van der Waals surface area contributed by atoms with Gasteiger partial charge in [-0.05, 0) is 61.9 Å². The van der Waals surface area contributed by atoms with Crippen LogP contribution in [0.4, 0.5) is 10.1 Å². The van der Waals surface area contributed by atoms with E-state index in [0.717, 1.165) is 49.0 Å². The molecule has 0 bridgehead atoms. The summed E-state index contributed by atoms with van der Waals surface area (Å²) in [5, 5.41) is 8.98. The molecule has 2 aliphatic heterocycles. The first-order chi connectivity index (χ1) is 16.0. The van der Waals surface area contributed by atoms with Gasteiger partial charge in [-0.3, -0.25) is 14.6 Å². The van der Waals surface area contributed by atoms with Gasteiger partial charge in [0.05, 0.1) is 16.9 Å². The zero-order valence-corrected chi connectivity index (χ0v) is 18.0. The second-order valence-electron chi connectivity index (χ2n) is 8.53. The minimum absolute atomic E-state index is 0.0587. The van der Waals surface area contributed by atoms with E-state index in [-0.39, 0.29) is 17.0 Å². The van der Waals surface area contributed by atoms with Crippen molar-refractivity contribution in [3.05, 3.63) is 72.3 Å². The lowest BCUT2D eigenvalue weighted by atomic mass is 9.74. The van der Waals surface area contributed by atoms with Crippen LogP contribution in [0, 0.1) is 5.82 Å². The maximum Gasteiger partial charge on any atom is 0.253 e. The second-order valence-corrected chi connectivity index (χ2v) is 8.53. The average Bonchev–Trinajstić information content (AvgIpc) is 3.31. The SMILES string of the molecule is C=CC(=O)Nc1cc(-c2cc(-c3cc4c([nH]3)C3(CCCNC3)CNC4=O)ccn2)ccc1F. The Balaban J connectivity index is 1.52. The summed E-state index contributed by atoms with van der Waals surface area (Å²) in [6, 6.07) is 10.1. The molecule has 2 aromatic heterocycles. The number of nitrogens with one attached hydrogen (secondary N) is 4. The van der Waals surface area contributed by atoms with Gasteiger partial charge >= 0.3 is 0 Å². The summed E-state index contributed by atoms with van der Waals surface area (Å²) in [7, 11) is 0. The minimum atomic E-state index is -0.542. The fraction of sp³-hybridized carbons (Fsp3) is 0.240. The van der Waals surface area contributed by atoms with Gasteiger partial charge in [-0.2, -0.15) is 0 Å². The number of anilines is 1. The van der Waals surface area contributed by atoms with Gasteiger partial charge in [0.2, 0.25) is 5.91 Å². The number of hydrogen-bond acceptors (Lipinski definition) is 4. The smallest absolute Gasteiger partial charge is 0.253 e. The number of piperidine rings is 1. The summed E-state index contributed by atoms with van der Waals surface area (Å²) in [5.41, 5.74) is 4.54. The first-order valence-electron chi connectivity index (χ1n) is 10.9. The molecule has 1 aromatic carbocycles. The molecule has 0 radical (unpaired) electrons. The molecule has 168 valence electrons. The lowest BCUT2D eigenvalue weighted by Crippen LogP contribution is -2.54. The van der Waals surface area contributed by atoms with Crippen LogP contribution >= 0.6 is 0 Å². The number of carbonyl (C=O) groups is 2. The summed E-state index contributed by atoms with van der Waals surface area (Å²) in [6.45, 7) is 5.81. The number of carbonyl (C=O) groups excluding carboxylic acids is 2. The number of benzene rings is 1. The van der Waals surface area contributed by atoms with Gasteiger partial charge in [-0.1, -0.05) is 6.58 Å². The Hall–Kier alpha value is -3.78. The Kier molecular flexibility index (Phi) is 5.30. The monoisotopic (exact) mass is 445 g/mol. The van der Waals surface area contributed by atoms with Crippen molar-refractivity contribution in [1.29, 1.82) is 0 Å². The third-order valence-electron chi connectivity index (χ3n) is 6.43. The molecule has 1 spiro atoms. The largest absolute Gasteiger partial charge is 0.357 e. The molecule has 1 saturated heterocycles. The van der Waals surface area contributed by atoms with Crippen molar-refractivity contribution < 1.29 is 14.0 Å². The summed E-state index contributed by atoms with van der Waals surface area (Å²) in [5.74, 6) is -1.10. The molecule has 3 aromatic rings. The number of rotatable bonds is 4. The van der Waals surface area contributed by atoms with Crippen LogP contribution in [0.25, 0.3) is 22.5 Å². The van der Waals surface area contributed by atoms with Crippen molar-refractivity contribution in [1.82, 2.24) is 20.6 Å². The fourth-order valence-electron chi connectivity index (χ4n) is 4.69. The van der Waals surface area contributed by atoms with E-state index in [1.54, 1.807) is 18.3 Å². The number of halogens is 1. The lowest BCUT2D eigenvalue weighted by molar-refractivity contribution is -0.111. The molecule has 1 atom stereocenters. The lowest BCUT2D eigenvalue weighted by Gasteiger charge is -2.40. The summed E-state index contributed by atoms with van der Waals surface area (Å²) in [4.78, 5) is 32.1. The molecule has 0 aliphatic carbocycles. The third kappa shape index (κ3) is 3.82. The number of aromatic amines is 1. The van der Waals surface area contributed by atoms with Gasteiger partial charge in [-0.25, -0.2) is 4.39 Å². The van der Waals surface area contributed by atoms with Crippen molar-refractivity contribution >= 4 is 17.5 Å². The Morgan fingerprint density at radius 1 is 1.18 bits per heavy atom. The normalized spacial score (nSPS) is 19.6. The van der Waals surface area contributed by atoms with Crippen LogP contribution in [0.2, 0.25) is 0 Å². The van der Waals surface area contributed by atoms with E-state index in [2.05, 4.69) is 32.5 Å². The van der Waals surface area contributed by atoms with Crippen LogP contribution in [-0.2, 0) is 10.2 Å². The van der Waals surface area contributed by atoms with Crippen LogP contribution in [0.3, 0.4) is 0 Å². The molecule has 2 aliphatic rings. The standard InChI is InChI=1S/C25H24FN5O2/c1-2-22(32)30-21-11-15(4-5-18(21)26)19-10-16(6-9-28-19)20-12-17-23(31-20)25(14-29-24(17)33)7-3-8-27-13-25/h2,4-6,9-12,27,31H,1,3,7-8,13-14H2,(H,29,33)(H,30,32). The predicted octanol–water partition coefficient (Wildman–Crippen LogP) is 3.37. The molecule has 1 fully saturated rings. The van der Waals surface area contributed by atoms with E-state index >= 15 is 0 Å². The molecule has 7 nitrogen and oxygen atoms in total. The molecule has 4 heterocycles. The highest BCUT2D eigenvalue weighted by Crippen LogP contribution is 2.38. The quantitative estimate of drug-likeness (QED) is 0.463. The Bertz CT molecular complexity index is 1260. The minimum Gasteiger partial charge on any atom is -0.357 e. The highest BCUT2D eigenvalue weighted by Gasteiger charge is 2.42. The highest BCUT2D eigenvalue weighted by atomic mass is 19.1. The molecule has 4 N–H and O–H groups in total. The van der Waals surface area contributed by atoms with Gasteiger partial charge in [0.1, 0.15) is 5.82 Å². The Labute approximate surface area is 190 Å². The van der Waals surface area contributed by atoms with Crippen molar-refractivity contribution in [3.8, 4) is 22.5 Å². The van der Waals surface area contributed by atoms with E-state index < -0.39 is 11.7 Å². The van der Waals surface area contributed by atoms with E-state index in [9.17, 15) is 14.0 Å². The van der Waals surface area contributed by atoms with Crippen LogP contribution < -0.4 is 16.0 Å². The fourth-order valence-corrected chi connectivity index (χ4v) is 4.69. The van der Waals surface area contributed by atoms with Gasteiger partial charge in [-0.15, -0.1) is 0 Å². The third-order valence-corrected chi connectivity index (χ3v) is 6.43. The molecular formula is C25H24FN5O2. The Morgan fingerprint density at radius 2 is 2.06 bits per heavy atom. The van der Waals surface area contributed by atoms with Crippen LogP contribution in [0.1, 0.15) is 28.9 Å². The van der Waals surface area contributed by atoms with Gasteiger partial charge < -0.3 is 20.9 Å². The van der Waals surface area contributed by atoms with E-state index in [1.807, 2.05) is 18.2 Å². The number of aromatic nitrogens is 2. The number of fused-ring (bicyclic) bond motifs is 2. The number of pyridine rings is 1. The number of nitrogens with zero attached hydrogens (tertiary/aromatic N) is 1. The molecule has 0 saturated carbocycles. The molecular weight excluding hydrogens is 421 g/mol. The van der Waals surface area contributed by atoms with Crippen LogP contribution in [0.15, 0.2) is 55.3 Å². The Morgan fingerprint density at radius 3 is 2.85 bits per heavy atom. The number of hydrogen-bond donors (Lipinski definition) is 4. The first-order valence-corrected chi connectivity index (χ1v) is 10.9. The number of amides is 2. The van der Waals surface area contributed by atoms with Gasteiger partial charge in [0, 0.05) is 47.2 Å². The summed E-state index contributed by atoms with van der Waals surface area (Å²) in [6.07, 6.45) is 4.82. The predicted molar refractivity (Wildman–Crippen MR) is 124 cm³/mol. The number of H-pyrrole nitrogens is 1. The molecule has 2 amide bonds. The van der Waals surface area contributed by atoms with Crippen LogP contribution in [-0.4, -0.2) is 41.4 Å². The van der Waals surface area contributed by atoms with Crippen molar-refractivity contribution in [3.63, 3.8) is 0 Å².